The monoisotopic (exact) mass is 341 g/mol. The minimum Gasteiger partial charge on any atom is -0.344 e. The van der Waals surface area contributed by atoms with Gasteiger partial charge < -0.3 is 11.1 Å². The van der Waals surface area contributed by atoms with Crippen LogP contribution in [0.15, 0.2) is 30.5 Å². The number of hydrogen-bond acceptors (Lipinski definition) is 4. The number of nitrogens with zero attached hydrogens (tertiary/aromatic N) is 3. The van der Waals surface area contributed by atoms with Crippen molar-refractivity contribution < 1.29 is 9.18 Å². The molecule has 0 aliphatic heterocycles. The lowest BCUT2D eigenvalue weighted by molar-refractivity contribution is 0.0877. The van der Waals surface area contributed by atoms with Gasteiger partial charge in [-0.25, -0.2) is 4.39 Å². The van der Waals surface area contributed by atoms with Gasteiger partial charge in [0.05, 0.1) is 17.4 Å². The summed E-state index contributed by atoms with van der Waals surface area (Å²) >= 11 is 0. The first-order chi connectivity index (χ1) is 10.4. The lowest BCUT2D eigenvalue weighted by atomic mass is 9.88. The Labute approximate surface area is 140 Å². The molecule has 1 aromatic carbocycles. The smallest absolute Gasteiger partial charge is 0.273 e. The molecule has 0 spiro atoms. The van der Waals surface area contributed by atoms with E-state index in [1.165, 1.54) is 35.3 Å². The Hall–Kier alpha value is -1.99. The Morgan fingerprint density at radius 2 is 2.00 bits per heavy atom. The van der Waals surface area contributed by atoms with Gasteiger partial charge in [-0.05, 0) is 37.1 Å². The van der Waals surface area contributed by atoms with Crippen molar-refractivity contribution in [1.82, 2.24) is 20.3 Å². The summed E-state index contributed by atoms with van der Waals surface area (Å²) < 4.78 is 12.9. The fourth-order valence-electron chi connectivity index (χ4n) is 1.82. The van der Waals surface area contributed by atoms with Gasteiger partial charge in [-0.15, -0.1) is 17.5 Å². The molecule has 126 valence electrons. The van der Waals surface area contributed by atoms with Gasteiger partial charge in [-0.1, -0.05) is 13.8 Å². The highest BCUT2D eigenvalue weighted by Gasteiger charge is 2.29. The number of hydrogen-bond donors (Lipinski definition) is 2. The molecule has 0 saturated carbocycles. The first-order valence-corrected chi connectivity index (χ1v) is 7.06. The summed E-state index contributed by atoms with van der Waals surface area (Å²) in [5, 5.41) is 11.0. The second kappa shape index (κ2) is 7.52. The largest absolute Gasteiger partial charge is 0.344 e. The van der Waals surface area contributed by atoms with E-state index in [9.17, 15) is 9.18 Å². The van der Waals surface area contributed by atoms with Crippen LogP contribution in [-0.2, 0) is 0 Å². The molecule has 0 aliphatic carbocycles. The molecule has 0 saturated heterocycles. The SMILES string of the molecule is CC(C)C(C)(CN)NC(=O)c1cnn(-c2ccc(F)cc2)n1.Cl. The Balaban J connectivity index is 0.00000264. The number of benzene rings is 1. The lowest BCUT2D eigenvalue weighted by Gasteiger charge is -2.33. The summed E-state index contributed by atoms with van der Waals surface area (Å²) in [7, 11) is 0. The molecule has 1 heterocycles. The first kappa shape index (κ1) is 19.1. The Morgan fingerprint density at radius 1 is 1.39 bits per heavy atom. The molecule has 23 heavy (non-hydrogen) atoms. The van der Waals surface area contributed by atoms with Crippen LogP contribution in [-0.4, -0.2) is 33.0 Å². The van der Waals surface area contributed by atoms with Crippen molar-refractivity contribution in [2.24, 2.45) is 11.7 Å². The molecular weight excluding hydrogens is 321 g/mol. The molecule has 2 rings (SSSR count). The first-order valence-electron chi connectivity index (χ1n) is 7.06. The van der Waals surface area contributed by atoms with Gasteiger partial charge in [0, 0.05) is 6.54 Å². The van der Waals surface area contributed by atoms with Crippen molar-refractivity contribution in [3.05, 3.63) is 42.0 Å². The normalized spacial score (nSPS) is 13.3. The van der Waals surface area contributed by atoms with E-state index < -0.39 is 5.54 Å². The predicted octanol–water partition coefficient (Wildman–Crippen LogP) is 1.93. The van der Waals surface area contributed by atoms with Crippen molar-refractivity contribution in [2.45, 2.75) is 26.3 Å². The number of rotatable bonds is 5. The van der Waals surface area contributed by atoms with E-state index in [1.807, 2.05) is 20.8 Å². The maximum Gasteiger partial charge on any atom is 0.273 e. The molecule has 1 unspecified atom stereocenters. The highest BCUT2D eigenvalue weighted by molar-refractivity contribution is 5.92. The predicted molar refractivity (Wildman–Crippen MR) is 88.3 cm³/mol. The van der Waals surface area contributed by atoms with E-state index in [0.717, 1.165) is 0 Å². The van der Waals surface area contributed by atoms with Crippen LogP contribution in [0.3, 0.4) is 0 Å². The third-order valence-electron chi connectivity index (χ3n) is 3.88. The van der Waals surface area contributed by atoms with E-state index >= 15 is 0 Å². The number of nitrogens with two attached hydrogens (primary N) is 1. The van der Waals surface area contributed by atoms with E-state index in [0.29, 0.717) is 12.2 Å². The summed E-state index contributed by atoms with van der Waals surface area (Å²) in [5.74, 6) is -0.506. The van der Waals surface area contributed by atoms with Crippen molar-refractivity contribution in [3.63, 3.8) is 0 Å². The molecule has 0 fully saturated rings. The van der Waals surface area contributed by atoms with Gasteiger partial charge in [0.15, 0.2) is 5.69 Å². The molecule has 6 nitrogen and oxygen atoms in total. The molecule has 8 heteroatoms. The van der Waals surface area contributed by atoms with Crippen LogP contribution in [0.2, 0.25) is 0 Å². The van der Waals surface area contributed by atoms with Crippen molar-refractivity contribution in [1.29, 1.82) is 0 Å². The van der Waals surface area contributed by atoms with Crippen LogP contribution in [0.1, 0.15) is 31.3 Å². The zero-order chi connectivity index (χ0) is 16.3. The number of carbonyl (C=O) groups excluding carboxylic acids is 1. The maximum absolute atomic E-state index is 12.9. The summed E-state index contributed by atoms with van der Waals surface area (Å²) in [6.45, 7) is 6.19. The van der Waals surface area contributed by atoms with Crippen LogP contribution in [0, 0.1) is 11.7 Å². The topological polar surface area (TPSA) is 85.8 Å². The van der Waals surface area contributed by atoms with Gasteiger partial charge in [0.1, 0.15) is 5.82 Å². The quantitative estimate of drug-likeness (QED) is 0.870. The maximum atomic E-state index is 12.9. The number of amides is 1. The highest BCUT2D eigenvalue weighted by Crippen LogP contribution is 2.15. The van der Waals surface area contributed by atoms with Crippen molar-refractivity contribution >= 4 is 18.3 Å². The molecule has 0 radical (unpaired) electrons. The molecule has 0 bridgehead atoms. The zero-order valence-electron chi connectivity index (χ0n) is 13.3. The summed E-state index contributed by atoms with van der Waals surface area (Å²) in [5.41, 5.74) is 6.00. The minimum absolute atomic E-state index is 0. The van der Waals surface area contributed by atoms with Crippen molar-refractivity contribution in [3.8, 4) is 5.69 Å². The van der Waals surface area contributed by atoms with E-state index in [2.05, 4.69) is 15.5 Å². The number of aromatic nitrogens is 3. The van der Waals surface area contributed by atoms with Gasteiger partial charge in [0.25, 0.3) is 5.91 Å². The molecule has 3 N–H and O–H groups in total. The highest BCUT2D eigenvalue weighted by atomic mass is 35.5. The standard InChI is InChI=1S/C15H20FN5O.ClH/c1-10(2)15(3,9-17)19-14(22)13-8-18-21(20-13)12-6-4-11(16)5-7-12;/h4-8,10H,9,17H2,1-3H3,(H,19,22);1H. The third kappa shape index (κ3) is 4.27. The summed E-state index contributed by atoms with van der Waals surface area (Å²) in [4.78, 5) is 13.6. The van der Waals surface area contributed by atoms with Crippen molar-refractivity contribution in [2.75, 3.05) is 6.54 Å². The Morgan fingerprint density at radius 3 is 2.52 bits per heavy atom. The van der Waals surface area contributed by atoms with Crippen LogP contribution in [0.5, 0.6) is 0 Å². The molecule has 1 atom stereocenters. The van der Waals surface area contributed by atoms with E-state index in [4.69, 9.17) is 5.73 Å². The molecule has 1 amide bonds. The minimum atomic E-state index is -0.517. The number of halogens is 2. The van der Waals surface area contributed by atoms with Crippen LogP contribution < -0.4 is 11.1 Å². The second-order valence-corrected chi connectivity index (χ2v) is 5.73. The number of nitrogens with one attached hydrogen (secondary N) is 1. The van der Waals surface area contributed by atoms with Crippen LogP contribution in [0.4, 0.5) is 4.39 Å². The van der Waals surface area contributed by atoms with Crippen LogP contribution in [0.25, 0.3) is 5.69 Å². The second-order valence-electron chi connectivity index (χ2n) is 5.73. The summed E-state index contributed by atoms with van der Waals surface area (Å²) in [6, 6.07) is 5.69. The van der Waals surface area contributed by atoms with Gasteiger partial charge in [-0.2, -0.15) is 9.90 Å². The summed E-state index contributed by atoms with van der Waals surface area (Å²) in [6.07, 6.45) is 1.37. The fraction of sp³-hybridized carbons (Fsp3) is 0.400. The lowest BCUT2D eigenvalue weighted by Crippen LogP contribution is -2.55. The number of carbonyl (C=O) groups is 1. The van der Waals surface area contributed by atoms with Gasteiger partial charge in [-0.3, -0.25) is 4.79 Å². The molecule has 1 aromatic heterocycles. The van der Waals surface area contributed by atoms with E-state index in [1.54, 1.807) is 0 Å². The van der Waals surface area contributed by atoms with Gasteiger partial charge >= 0.3 is 0 Å². The third-order valence-corrected chi connectivity index (χ3v) is 3.88. The van der Waals surface area contributed by atoms with Crippen LogP contribution >= 0.6 is 12.4 Å². The van der Waals surface area contributed by atoms with E-state index in [-0.39, 0.29) is 35.7 Å². The Kier molecular flexibility index (Phi) is 6.23. The molecule has 2 aromatic rings. The fourth-order valence-corrected chi connectivity index (χ4v) is 1.82. The average molecular weight is 342 g/mol. The molecular formula is C15H21ClFN5O. The Bertz CT molecular complexity index is 658. The zero-order valence-corrected chi connectivity index (χ0v) is 14.1. The average Bonchev–Trinajstić information content (AvgIpc) is 2.97. The van der Waals surface area contributed by atoms with Gasteiger partial charge in [0.2, 0.25) is 0 Å². The molecule has 0 aliphatic rings.